The molecule has 1 saturated carbocycles. The van der Waals surface area contributed by atoms with Gasteiger partial charge in [-0.3, -0.25) is 0 Å². The Bertz CT molecular complexity index is 386. The Labute approximate surface area is 110 Å². The van der Waals surface area contributed by atoms with Crippen molar-refractivity contribution in [2.45, 2.75) is 58.5 Å². The third-order valence-electron chi connectivity index (χ3n) is 3.98. The third-order valence-corrected chi connectivity index (χ3v) is 3.98. The third kappa shape index (κ3) is 3.15. The molecular weight excluding hydrogens is 222 g/mol. The predicted molar refractivity (Wildman–Crippen MR) is 76.8 cm³/mol. The number of rotatable bonds is 5. The van der Waals surface area contributed by atoms with Gasteiger partial charge in [0.05, 0.1) is 5.69 Å². The molecule has 0 aromatic carbocycles. The van der Waals surface area contributed by atoms with Gasteiger partial charge < -0.3 is 9.88 Å². The van der Waals surface area contributed by atoms with E-state index < -0.39 is 0 Å². The molecule has 0 aliphatic heterocycles. The molecule has 0 atom stereocenters. The maximum absolute atomic E-state index is 4.57. The van der Waals surface area contributed by atoms with Gasteiger partial charge in [-0.1, -0.05) is 19.4 Å². The fourth-order valence-electron chi connectivity index (χ4n) is 2.84. The van der Waals surface area contributed by atoms with E-state index >= 15 is 0 Å². The predicted octanol–water partition coefficient (Wildman–Crippen LogP) is 3.76. The minimum Gasteiger partial charge on any atom is -0.353 e. The van der Waals surface area contributed by atoms with Crippen LogP contribution in [0.3, 0.4) is 0 Å². The average molecular weight is 247 g/mol. The highest BCUT2D eigenvalue weighted by molar-refractivity contribution is 5.30. The lowest BCUT2D eigenvalue weighted by molar-refractivity contribution is 0.329. The summed E-state index contributed by atoms with van der Waals surface area (Å²) in [6, 6.07) is 0.596. The molecule has 1 fully saturated rings. The molecule has 0 saturated heterocycles. The second kappa shape index (κ2) is 6.07. The van der Waals surface area contributed by atoms with E-state index in [2.05, 4.69) is 34.6 Å². The molecule has 3 heteroatoms. The first kappa shape index (κ1) is 13.2. The first-order valence-electron chi connectivity index (χ1n) is 7.14. The van der Waals surface area contributed by atoms with E-state index in [1.165, 1.54) is 32.1 Å². The van der Waals surface area contributed by atoms with Crippen molar-refractivity contribution in [1.29, 1.82) is 0 Å². The molecule has 0 bridgehead atoms. The van der Waals surface area contributed by atoms with Crippen molar-refractivity contribution in [1.82, 2.24) is 9.55 Å². The Kier molecular flexibility index (Phi) is 4.45. The van der Waals surface area contributed by atoms with Gasteiger partial charge in [0.1, 0.15) is 0 Å². The summed E-state index contributed by atoms with van der Waals surface area (Å²) in [5.41, 5.74) is 1.07. The molecular formula is C15H25N3. The summed E-state index contributed by atoms with van der Waals surface area (Å²) in [7, 11) is 0. The van der Waals surface area contributed by atoms with Crippen LogP contribution in [0.25, 0.3) is 0 Å². The van der Waals surface area contributed by atoms with E-state index in [0.29, 0.717) is 6.04 Å². The number of hydrogen-bond acceptors (Lipinski definition) is 2. The zero-order valence-electron chi connectivity index (χ0n) is 11.7. The fraction of sp³-hybridized carbons (Fsp3) is 0.667. The SMILES string of the molecule is C=CCn1cc(C)nc1NC1CCC(CC)CC1. The molecule has 0 radical (unpaired) electrons. The second-order valence-corrected chi connectivity index (χ2v) is 5.42. The normalized spacial score (nSPS) is 23.9. The lowest BCUT2D eigenvalue weighted by atomic mass is 9.85. The van der Waals surface area contributed by atoms with Crippen molar-refractivity contribution < 1.29 is 0 Å². The summed E-state index contributed by atoms with van der Waals surface area (Å²) in [4.78, 5) is 4.57. The van der Waals surface area contributed by atoms with E-state index in [4.69, 9.17) is 0 Å². The smallest absolute Gasteiger partial charge is 0.203 e. The number of nitrogens with one attached hydrogen (secondary N) is 1. The molecule has 2 rings (SSSR count). The lowest BCUT2D eigenvalue weighted by Crippen LogP contribution is -2.27. The van der Waals surface area contributed by atoms with Gasteiger partial charge in [-0.15, -0.1) is 6.58 Å². The Hall–Kier alpha value is -1.25. The Morgan fingerprint density at radius 1 is 1.44 bits per heavy atom. The van der Waals surface area contributed by atoms with E-state index in [-0.39, 0.29) is 0 Å². The summed E-state index contributed by atoms with van der Waals surface area (Å²) in [6.45, 7) is 8.97. The molecule has 1 aromatic heterocycles. The maximum atomic E-state index is 4.57. The molecule has 0 spiro atoms. The highest BCUT2D eigenvalue weighted by Crippen LogP contribution is 2.28. The molecule has 18 heavy (non-hydrogen) atoms. The van der Waals surface area contributed by atoms with E-state index in [1.54, 1.807) is 0 Å². The minimum absolute atomic E-state index is 0.596. The lowest BCUT2D eigenvalue weighted by Gasteiger charge is -2.28. The van der Waals surface area contributed by atoms with Crippen LogP contribution in [0, 0.1) is 12.8 Å². The van der Waals surface area contributed by atoms with Crippen LogP contribution >= 0.6 is 0 Å². The monoisotopic (exact) mass is 247 g/mol. The van der Waals surface area contributed by atoms with Crippen molar-refractivity contribution in [3.05, 3.63) is 24.5 Å². The fourth-order valence-corrected chi connectivity index (χ4v) is 2.84. The van der Waals surface area contributed by atoms with Crippen LogP contribution in [-0.2, 0) is 6.54 Å². The number of allylic oxidation sites excluding steroid dienone is 1. The van der Waals surface area contributed by atoms with E-state index in [9.17, 15) is 0 Å². The van der Waals surface area contributed by atoms with Gasteiger partial charge in [-0.05, 0) is 38.5 Å². The van der Waals surface area contributed by atoms with Gasteiger partial charge in [0, 0.05) is 18.8 Å². The van der Waals surface area contributed by atoms with Crippen LogP contribution in [0.15, 0.2) is 18.9 Å². The minimum atomic E-state index is 0.596. The molecule has 1 aliphatic rings. The summed E-state index contributed by atoms with van der Waals surface area (Å²) in [5.74, 6) is 1.95. The van der Waals surface area contributed by atoms with Crippen LogP contribution in [0.1, 0.15) is 44.7 Å². The molecule has 1 aliphatic carbocycles. The first-order valence-corrected chi connectivity index (χ1v) is 7.14. The molecule has 100 valence electrons. The number of anilines is 1. The average Bonchev–Trinajstić information content (AvgIpc) is 2.71. The highest BCUT2D eigenvalue weighted by atomic mass is 15.2. The van der Waals surface area contributed by atoms with Crippen LogP contribution in [0.2, 0.25) is 0 Å². The van der Waals surface area contributed by atoms with Gasteiger partial charge in [-0.2, -0.15) is 0 Å². The van der Waals surface area contributed by atoms with Crippen LogP contribution in [0.5, 0.6) is 0 Å². The number of hydrogen-bond donors (Lipinski definition) is 1. The molecule has 0 amide bonds. The topological polar surface area (TPSA) is 29.9 Å². The van der Waals surface area contributed by atoms with Crippen molar-refractivity contribution >= 4 is 5.95 Å². The van der Waals surface area contributed by atoms with Gasteiger partial charge in [-0.25, -0.2) is 4.98 Å². The maximum Gasteiger partial charge on any atom is 0.203 e. The van der Waals surface area contributed by atoms with Crippen molar-refractivity contribution in [3.63, 3.8) is 0 Å². The molecule has 1 N–H and O–H groups in total. The standard InChI is InChI=1S/C15H25N3/c1-4-10-18-11-12(3)16-15(18)17-14-8-6-13(5-2)7-9-14/h4,11,13-14H,1,5-10H2,2-3H3,(H,16,17). The number of aromatic nitrogens is 2. The quantitative estimate of drug-likeness (QED) is 0.803. The number of imidazole rings is 1. The Morgan fingerprint density at radius 2 is 2.17 bits per heavy atom. The Balaban J connectivity index is 1.95. The van der Waals surface area contributed by atoms with Crippen molar-refractivity contribution in [2.24, 2.45) is 5.92 Å². The van der Waals surface area contributed by atoms with Gasteiger partial charge in [0.2, 0.25) is 5.95 Å². The van der Waals surface area contributed by atoms with Gasteiger partial charge >= 0.3 is 0 Å². The van der Waals surface area contributed by atoms with Crippen LogP contribution in [-0.4, -0.2) is 15.6 Å². The van der Waals surface area contributed by atoms with E-state index in [1.807, 2.05) is 13.0 Å². The summed E-state index contributed by atoms with van der Waals surface area (Å²) in [5, 5.41) is 3.60. The summed E-state index contributed by atoms with van der Waals surface area (Å²) >= 11 is 0. The van der Waals surface area contributed by atoms with Gasteiger partial charge in [0.25, 0.3) is 0 Å². The number of nitrogens with zero attached hydrogens (tertiary/aromatic N) is 2. The van der Waals surface area contributed by atoms with E-state index in [0.717, 1.165) is 24.1 Å². The van der Waals surface area contributed by atoms with Crippen molar-refractivity contribution in [2.75, 3.05) is 5.32 Å². The molecule has 0 unspecified atom stereocenters. The Morgan fingerprint density at radius 3 is 2.78 bits per heavy atom. The zero-order valence-corrected chi connectivity index (χ0v) is 11.7. The van der Waals surface area contributed by atoms with Crippen LogP contribution in [0.4, 0.5) is 5.95 Å². The summed E-state index contributed by atoms with van der Waals surface area (Å²) in [6.07, 6.45) is 10.6. The number of aryl methyl sites for hydroxylation is 1. The molecule has 3 nitrogen and oxygen atoms in total. The second-order valence-electron chi connectivity index (χ2n) is 5.42. The molecule has 1 aromatic rings. The van der Waals surface area contributed by atoms with Gasteiger partial charge in [0.15, 0.2) is 0 Å². The van der Waals surface area contributed by atoms with Crippen LogP contribution < -0.4 is 5.32 Å². The summed E-state index contributed by atoms with van der Waals surface area (Å²) < 4.78 is 2.15. The first-order chi connectivity index (χ1) is 8.72. The molecule has 1 heterocycles. The largest absolute Gasteiger partial charge is 0.353 e. The zero-order chi connectivity index (χ0) is 13.0. The highest BCUT2D eigenvalue weighted by Gasteiger charge is 2.20. The van der Waals surface area contributed by atoms with Crippen molar-refractivity contribution in [3.8, 4) is 0 Å².